The molecule has 0 fully saturated rings. The monoisotopic (exact) mass is 238 g/mol. The van der Waals surface area contributed by atoms with Crippen LogP contribution in [-0.2, 0) is 9.05 Å². The van der Waals surface area contributed by atoms with Gasteiger partial charge in [-0.2, -0.15) is 0 Å². The van der Waals surface area contributed by atoms with Crippen LogP contribution in [0, 0.1) is 10.8 Å². The zero-order chi connectivity index (χ0) is 11.4. The van der Waals surface area contributed by atoms with Crippen molar-refractivity contribution in [2.24, 2.45) is 10.8 Å². The van der Waals surface area contributed by atoms with Gasteiger partial charge < -0.3 is 9.05 Å². The van der Waals surface area contributed by atoms with E-state index in [2.05, 4.69) is 53.6 Å². The lowest BCUT2D eigenvalue weighted by Crippen LogP contribution is -2.36. The van der Waals surface area contributed by atoms with Crippen LogP contribution in [0.3, 0.4) is 0 Å². The van der Waals surface area contributed by atoms with Crippen molar-refractivity contribution in [3.63, 3.8) is 0 Å². The lowest BCUT2D eigenvalue weighted by molar-refractivity contribution is 0.0249. The molecule has 0 aromatic rings. The van der Waals surface area contributed by atoms with E-state index in [0.717, 1.165) is 6.42 Å². The van der Waals surface area contributed by atoms with E-state index in [0.29, 0.717) is 12.0 Å². The molecule has 4 heteroatoms. The van der Waals surface area contributed by atoms with Crippen LogP contribution < -0.4 is 0 Å². The molecule has 0 spiro atoms. The third kappa shape index (κ3) is 5.61. The Hall–Kier alpha value is 0.780. The molecule has 14 heavy (non-hydrogen) atoms. The lowest BCUT2D eigenvalue weighted by atomic mass is 9.73. The van der Waals surface area contributed by atoms with Crippen LogP contribution in [0.5, 0.6) is 0 Å². The third-order valence-electron chi connectivity index (χ3n) is 2.27. The van der Waals surface area contributed by atoms with Crippen molar-refractivity contribution in [2.45, 2.75) is 47.1 Å². The highest BCUT2D eigenvalue weighted by Gasteiger charge is 2.33. The molecular weight excluding hydrogens is 214 g/mol. The number of hydrogen-bond acceptors (Lipinski definition) is 2. The quantitative estimate of drug-likeness (QED) is 0.683. The van der Waals surface area contributed by atoms with E-state index < -0.39 is 0 Å². The second-order valence-corrected chi connectivity index (χ2v) is 6.29. The first-order chi connectivity index (χ1) is 6.23. The van der Waals surface area contributed by atoms with Gasteiger partial charge in [0.15, 0.2) is 0 Å². The van der Waals surface area contributed by atoms with Gasteiger partial charge >= 0.3 is 0 Å². The Kier molecular flexibility index (Phi) is 6.07. The standard InChI is InChI=1S/C10H24O2P2/c1-9(2,3)7-10(4,5)8(12-14)6-11-13/h8H,6-7,13-14H2,1-5H3. The first-order valence-corrected chi connectivity index (χ1v) is 5.84. The van der Waals surface area contributed by atoms with Crippen molar-refractivity contribution in [1.29, 1.82) is 0 Å². The summed E-state index contributed by atoms with van der Waals surface area (Å²) in [6.07, 6.45) is 1.22. The van der Waals surface area contributed by atoms with Crippen LogP contribution in [0.25, 0.3) is 0 Å². The van der Waals surface area contributed by atoms with Gasteiger partial charge in [0, 0.05) is 18.9 Å². The van der Waals surface area contributed by atoms with Crippen molar-refractivity contribution in [1.82, 2.24) is 0 Å². The van der Waals surface area contributed by atoms with E-state index in [9.17, 15) is 0 Å². The van der Waals surface area contributed by atoms with Gasteiger partial charge in [-0.1, -0.05) is 34.6 Å². The zero-order valence-electron chi connectivity index (χ0n) is 9.96. The fourth-order valence-corrected chi connectivity index (χ4v) is 2.64. The minimum atomic E-state index is 0.115. The summed E-state index contributed by atoms with van der Waals surface area (Å²) in [7, 11) is 4.61. The van der Waals surface area contributed by atoms with Crippen molar-refractivity contribution >= 4 is 18.9 Å². The molecule has 3 unspecified atom stereocenters. The van der Waals surface area contributed by atoms with Crippen molar-refractivity contribution in [3.05, 3.63) is 0 Å². The van der Waals surface area contributed by atoms with Gasteiger partial charge in [-0.15, -0.1) is 0 Å². The van der Waals surface area contributed by atoms with Gasteiger partial charge in [-0.3, -0.25) is 0 Å². The topological polar surface area (TPSA) is 18.5 Å². The highest BCUT2D eigenvalue weighted by atomic mass is 31.0. The van der Waals surface area contributed by atoms with Crippen molar-refractivity contribution in [3.8, 4) is 0 Å². The SMILES string of the molecule is CC(C)(C)CC(C)(C)C(COP)OP. The number of hydrogen-bond donors (Lipinski definition) is 0. The molecule has 0 bridgehead atoms. The zero-order valence-corrected chi connectivity index (χ0v) is 12.3. The second-order valence-electron chi connectivity index (χ2n) is 5.68. The Morgan fingerprint density at radius 3 is 1.86 bits per heavy atom. The van der Waals surface area contributed by atoms with Crippen LogP contribution in [0.1, 0.15) is 41.0 Å². The summed E-state index contributed by atoms with van der Waals surface area (Å²) >= 11 is 0. The molecule has 0 saturated heterocycles. The Bertz CT molecular complexity index is 164. The molecule has 0 N–H and O–H groups in total. The van der Waals surface area contributed by atoms with Gasteiger partial charge in [0.2, 0.25) is 0 Å². The molecule has 3 atom stereocenters. The third-order valence-corrected chi connectivity index (χ3v) is 2.79. The first kappa shape index (κ1) is 14.8. The largest absolute Gasteiger partial charge is 0.363 e. The minimum absolute atomic E-state index is 0.115. The Balaban J connectivity index is 4.40. The Morgan fingerprint density at radius 1 is 1.07 bits per heavy atom. The molecule has 0 saturated carbocycles. The average Bonchev–Trinajstić information content (AvgIpc) is 1.94. The molecule has 0 aliphatic rings. The average molecular weight is 238 g/mol. The summed E-state index contributed by atoms with van der Waals surface area (Å²) in [5.74, 6) is 0. The Labute approximate surface area is 93.1 Å². The molecule has 0 aliphatic carbocycles. The number of rotatable bonds is 5. The summed E-state index contributed by atoms with van der Waals surface area (Å²) in [5, 5.41) is 0. The molecule has 0 rings (SSSR count). The Morgan fingerprint density at radius 2 is 1.57 bits per heavy atom. The summed E-state index contributed by atoms with van der Waals surface area (Å²) in [6.45, 7) is 11.8. The van der Waals surface area contributed by atoms with E-state index >= 15 is 0 Å². The van der Waals surface area contributed by atoms with Crippen LogP contribution in [-0.4, -0.2) is 12.7 Å². The molecular formula is C10H24O2P2. The van der Waals surface area contributed by atoms with Gasteiger partial charge in [-0.25, -0.2) is 0 Å². The maximum absolute atomic E-state index is 5.38. The van der Waals surface area contributed by atoms with Crippen LogP contribution in [0.2, 0.25) is 0 Å². The summed E-state index contributed by atoms with van der Waals surface area (Å²) in [6, 6.07) is 0. The highest BCUT2D eigenvalue weighted by Crippen LogP contribution is 2.38. The van der Waals surface area contributed by atoms with Crippen molar-refractivity contribution in [2.75, 3.05) is 6.61 Å². The smallest absolute Gasteiger partial charge is 0.0898 e. The van der Waals surface area contributed by atoms with E-state index in [-0.39, 0.29) is 11.5 Å². The maximum atomic E-state index is 5.38. The van der Waals surface area contributed by atoms with E-state index in [4.69, 9.17) is 9.05 Å². The second kappa shape index (κ2) is 5.75. The minimum Gasteiger partial charge on any atom is -0.363 e. The maximum Gasteiger partial charge on any atom is 0.0898 e. The molecule has 0 aromatic heterocycles. The predicted octanol–water partition coefficient (Wildman–Crippen LogP) is 3.43. The summed E-state index contributed by atoms with van der Waals surface area (Å²) in [5.41, 5.74) is 0.433. The van der Waals surface area contributed by atoms with Gasteiger partial charge in [-0.05, 0) is 17.3 Å². The van der Waals surface area contributed by atoms with Crippen molar-refractivity contribution < 1.29 is 9.05 Å². The highest BCUT2D eigenvalue weighted by molar-refractivity contribution is 7.10. The predicted molar refractivity (Wildman–Crippen MR) is 68.1 cm³/mol. The van der Waals surface area contributed by atoms with Crippen LogP contribution >= 0.6 is 18.9 Å². The van der Waals surface area contributed by atoms with E-state index in [1.807, 2.05) is 0 Å². The van der Waals surface area contributed by atoms with E-state index in [1.165, 1.54) is 0 Å². The van der Waals surface area contributed by atoms with Crippen LogP contribution in [0.4, 0.5) is 0 Å². The molecule has 2 nitrogen and oxygen atoms in total. The molecule has 0 amide bonds. The lowest BCUT2D eigenvalue weighted by Gasteiger charge is -2.37. The summed E-state index contributed by atoms with van der Waals surface area (Å²) < 4.78 is 10.5. The fourth-order valence-electron chi connectivity index (χ4n) is 2.02. The van der Waals surface area contributed by atoms with Gasteiger partial charge in [0.25, 0.3) is 0 Å². The summed E-state index contributed by atoms with van der Waals surface area (Å²) in [4.78, 5) is 0. The van der Waals surface area contributed by atoms with Gasteiger partial charge in [0.1, 0.15) is 0 Å². The molecule has 0 heterocycles. The normalized spacial score (nSPS) is 15.6. The molecule has 0 radical (unpaired) electrons. The van der Waals surface area contributed by atoms with Crippen LogP contribution in [0.15, 0.2) is 0 Å². The van der Waals surface area contributed by atoms with Gasteiger partial charge in [0.05, 0.1) is 12.7 Å². The molecule has 0 aliphatic heterocycles. The molecule has 86 valence electrons. The molecule has 0 aromatic carbocycles. The first-order valence-electron chi connectivity index (χ1n) is 4.90. The fraction of sp³-hybridized carbons (Fsp3) is 1.00. The van der Waals surface area contributed by atoms with E-state index in [1.54, 1.807) is 0 Å².